The van der Waals surface area contributed by atoms with Crippen LogP contribution in [0.2, 0.25) is 0 Å². The first-order valence-corrected chi connectivity index (χ1v) is 11.3. The Kier molecular flexibility index (Phi) is 5.89. The number of imide groups is 1. The number of benzene rings is 1. The van der Waals surface area contributed by atoms with Crippen LogP contribution < -0.4 is 4.74 Å². The summed E-state index contributed by atoms with van der Waals surface area (Å²) in [6, 6.07) is 3.50. The molecule has 0 bridgehead atoms. The molecule has 1 aliphatic carbocycles. The summed E-state index contributed by atoms with van der Waals surface area (Å²) in [5.41, 5.74) is 2.59. The van der Waals surface area contributed by atoms with E-state index in [2.05, 4.69) is 6.92 Å². The Hall–Kier alpha value is -1.59. The normalized spacial score (nSPS) is 28.7. The molecule has 0 spiro atoms. The lowest BCUT2D eigenvalue weighted by molar-refractivity contribution is -0.138. The number of likely N-dealkylation sites (tertiary alicyclic amines) is 1. The van der Waals surface area contributed by atoms with Crippen molar-refractivity contribution in [3.05, 3.63) is 32.3 Å². The van der Waals surface area contributed by atoms with Crippen molar-refractivity contribution in [1.82, 2.24) is 4.90 Å². The smallest absolute Gasteiger partial charge is 0.487 e. The molecule has 1 aromatic carbocycles. The Balaban J connectivity index is 1.76. The zero-order valence-corrected chi connectivity index (χ0v) is 19.4. The standard InChI is InChI=1S/C21H25BINO6/c1-4-5-10-6-13-17(21(27)24(2)20(13)26)12-9-15(30-22(28)18(10)12)11-7-14(23)19(25)16(8-11)29-3/h7-8,12-13,15,17,25,28H,4-6,9H2,1-3H3/t12-,13-,15-,17+/m0/s1. The van der Waals surface area contributed by atoms with Gasteiger partial charge in [0.15, 0.2) is 11.5 Å². The molecule has 0 unspecified atom stereocenters. The van der Waals surface area contributed by atoms with E-state index in [1.807, 2.05) is 22.6 Å². The summed E-state index contributed by atoms with van der Waals surface area (Å²) in [5.74, 6) is -0.991. The second-order valence-electron chi connectivity index (χ2n) is 8.25. The Morgan fingerprint density at radius 2 is 2.03 bits per heavy atom. The van der Waals surface area contributed by atoms with Gasteiger partial charge in [-0.15, -0.1) is 0 Å². The van der Waals surface area contributed by atoms with E-state index in [1.165, 1.54) is 12.0 Å². The molecule has 2 saturated heterocycles. The molecule has 2 aliphatic heterocycles. The number of amides is 2. The molecular formula is C21H25BINO6. The number of hydrogen-bond donors (Lipinski definition) is 2. The average Bonchev–Trinajstić information content (AvgIpc) is 2.94. The third-order valence-electron chi connectivity index (χ3n) is 6.63. The zero-order valence-electron chi connectivity index (χ0n) is 17.2. The number of nitrogens with zero attached hydrogens (tertiary/aromatic N) is 1. The van der Waals surface area contributed by atoms with Gasteiger partial charge in [-0.05, 0) is 70.9 Å². The lowest BCUT2D eigenvalue weighted by atomic mass is 9.54. The fourth-order valence-corrected chi connectivity index (χ4v) is 5.88. The summed E-state index contributed by atoms with van der Waals surface area (Å²) in [7, 11) is 1.90. The maximum atomic E-state index is 12.9. The van der Waals surface area contributed by atoms with E-state index in [-0.39, 0.29) is 29.4 Å². The van der Waals surface area contributed by atoms with Gasteiger partial charge in [0.2, 0.25) is 11.8 Å². The molecule has 2 amide bonds. The number of carbonyl (C=O) groups excluding carboxylic acids is 2. The van der Waals surface area contributed by atoms with Crippen molar-refractivity contribution < 1.29 is 29.1 Å². The number of methoxy groups -OCH3 is 1. The first-order valence-electron chi connectivity index (χ1n) is 10.2. The summed E-state index contributed by atoms with van der Waals surface area (Å²) in [4.78, 5) is 26.9. The quantitative estimate of drug-likeness (QED) is 0.357. The van der Waals surface area contributed by atoms with Crippen LogP contribution in [0.25, 0.3) is 0 Å². The van der Waals surface area contributed by atoms with Gasteiger partial charge in [0, 0.05) is 7.05 Å². The van der Waals surface area contributed by atoms with Gasteiger partial charge in [0.05, 0.1) is 28.6 Å². The van der Waals surface area contributed by atoms with Crippen LogP contribution in [-0.4, -0.2) is 48.1 Å². The number of hydrogen-bond acceptors (Lipinski definition) is 6. The number of allylic oxidation sites excluding steroid dienone is 2. The third-order valence-corrected chi connectivity index (χ3v) is 7.45. The molecule has 3 aliphatic rings. The van der Waals surface area contributed by atoms with Crippen LogP contribution in [0.1, 0.15) is 44.3 Å². The van der Waals surface area contributed by atoms with Crippen LogP contribution in [0.4, 0.5) is 0 Å². The fourth-order valence-electron chi connectivity index (χ4n) is 5.26. The van der Waals surface area contributed by atoms with Crippen molar-refractivity contribution in [2.24, 2.45) is 17.8 Å². The molecule has 0 aromatic heterocycles. The number of halogens is 1. The van der Waals surface area contributed by atoms with Crippen LogP contribution in [0.3, 0.4) is 0 Å². The molecule has 2 heterocycles. The molecule has 7 nitrogen and oxygen atoms in total. The van der Waals surface area contributed by atoms with E-state index in [0.29, 0.717) is 22.2 Å². The molecule has 2 fully saturated rings. The number of rotatable bonds is 4. The zero-order chi connectivity index (χ0) is 21.7. The number of phenolic OH excluding ortho intramolecular Hbond substituents is 1. The van der Waals surface area contributed by atoms with E-state index in [4.69, 9.17) is 9.39 Å². The second kappa shape index (κ2) is 8.16. The number of fused-ring (bicyclic) bond motifs is 3. The minimum absolute atomic E-state index is 0.0555. The molecule has 30 heavy (non-hydrogen) atoms. The molecule has 4 rings (SSSR count). The van der Waals surface area contributed by atoms with Crippen LogP contribution in [0.5, 0.6) is 11.5 Å². The fraction of sp³-hybridized carbons (Fsp3) is 0.524. The predicted octanol–water partition coefficient (Wildman–Crippen LogP) is 2.83. The minimum atomic E-state index is -1.12. The largest absolute Gasteiger partial charge is 0.504 e. The summed E-state index contributed by atoms with van der Waals surface area (Å²) < 4.78 is 11.9. The maximum Gasteiger partial charge on any atom is 0.487 e. The monoisotopic (exact) mass is 525 g/mol. The molecule has 0 radical (unpaired) electrons. The lowest BCUT2D eigenvalue weighted by Gasteiger charge is -2.42. The highest BCUT2D eigenvalue weighted by molar-refractivity contribution is 14.1. The number of ether oxygens (including phenoxy) is 1. The van der Waals surface area contributed by atoms with Crippen molar-refractivity contribution >= 4 is 41.5 Å². The van der Waals surface area contributed by atoms with Crippen molar-refractivity contribution in [3.63, 3.8) is 0 Å². The van der Waals surface area contributed by atoms with Crippen LogP contribution in [0, 0.1) is 21.3 Å². The highest BCUT2D eigenvalue weighted by Crippen LogP contribution is 2.52. The molecule has 160 valence electrons. The Bertz CT molecular complexity index is 934. The molecule has 1 aromatic rings. The summed E-state index contributed by atoms with van der Waals surface area (Å²) in [5, 5.41) is 21.1. The van der Waals surface area contributed by atoms with Crippen LogP contribution in [-0.2, 0) is 14.2 Å². The second-order valence-corrected chi connectivity index (χ2v) is 9.42. The van der Waals surface area contributed by atoms with Crippen molar-refractivity contribution in [2.45, 2.75) is 38.7 Å². The van der Waals surface area contributed by atoms with Gasteiger partial charge in [0.25, 0.3) is 0 Å². The van der Waals surface area contributed by atoms with E-state index in [0.717, 1.165) is 29.5 Å². The summed E-state index contributed by atoms with van der Waals surface area (Å²) in [6.45, 7) is 2.06. The Labute approximate surface area is 189 Å². The van der Waals surface area contributed by atoms with Gasteiger partial charge in [0.1, 0.15) is 0 Å². The number of carbonyl (C=O) groups is 2. The Morgan fingerprint density at radius 1 is 1.30 bits per heavy atom. The minimum Gasteiger partial charge on any atom is -0.504 e. The first-order chi connectivity index (χ1) is 14.3. The van der Waals surface area contributed by atoms with E-state index < -0.39 is 19.1 Å². The topological polar surface area (TPSA) is 96.3 Å². The summed E-state index contributed by atoms with van der Waals surface area (Å²) in [6.07, 6.45) is 2.18. The molecular weight excluding hydrogens is 500 g/mol. The van der Waals surface area contributed by atoms with E-state index in [1.54, 1.807) is 19.2 Å². The lowest BCUT2D eigenvalue weighted by Crippen LogP contribution is -2.44. The highest BCUT2D eigenvalue weighted by atomic mass is 127. The SMILES string of the molecule is CCCC1=C2B(O)O[C@H](c3cc(I)c(O)c(OC)c3)C[C@H]2[C@H]2C(=O)N(C)C(=O)[C@H]2C1. The van der Waals surface area contributed by atoms with Crippen LogP contribution >= 0.6 is 22.6 Å². The third kappa shape index (κ3) is 3.35. The number of aromatic hydroxyl groups is 1. The van der Waals surface area contributed by atoms with Gasteiger partial charge in [-0.25, -0.2) is 0 Å². The molecule has 4 atom stereocenters. The van der Waals surface area contributed by atoms with Gasteiger partial charge in [-0.1, -0.05) is 18.9 Å². The Morgan fingerprint density at radius 3 is 2.70 bits per heavy atom. The predicted molar refractivity (Wildman–Crippen MR) is 119 cm³/mol. The van der Waals surface area contributed by atoms with Gasteiger partial charge >= 0.3 is 7.12 Å². The van der Waals surface area contributed by atoms with Gasteiger partial charge < -0.3 is 19.5 Å². The van der Waals surface area contributed by atoms with Crippen molar-refractivity contribution in [2.75, 3.05) is 14.2 Å². The molecule has 0 saturated carbocycles. The van der Waals surface area contributed by atoms with E-state index in [9.17, 15) is 19.7 Å². The first kappa shape index (κ1) is 21.6. The summed E-state index contributed by atoms with van der Waals surface area (Å²) >= 11 is 2.02. The van der Waals surface area contributed by atoms with Crippen molar-refractivity contribution in [1.29, 1.82) is 0 Å². The maximum absolute atomic E-state index is 12.9. The van der Waals surface area contributed by atoms with Gasteiger partial charge in [-0.2, -0.15) is 0 Å². The van der Waals surface area contributed by atoms with Crippen molar-refractivity contribution in [3.8, 4) is 11.5 Å². The number of phenols is 1. The van der Waals surface area contributed by atoms with E-state index >= 15 is 0 Å². The van der Waals surface area contributed by atoms with Gasteiger partial charge in [-0.3, -0.25) is 14.5 Å². The van der Waals surface area contributed by atoms with Crippen LogP contribution in [0.15, 0.2) is 23.2 Å². The molecule has 2 N–H and O–H groups in total. The highest BCUT2D eigenvalue weighted by Gasteiger charge is 2.56. The molecule has 9 heteroatoms. The average molecular weight is 525 g/mol.